The number of rotatable bonds is 8. The minimum absolute atomic E-state index is 0.0980. The van der Waals surface area contributed by atoms with Crippen molar-refractivity contribution in [3.8, 4) is 0 Å². The van der Waals surface area contributed by atoms with Gasteiger partial charge in [0.15, 0.2) is 0 Å². The van der Waals surface area contributed by atoms with Crippen LogP contribution >= 0.6 is 11.6 Å². The van der Waals surface area contributed by atoms with Crippen molar-refractivity contribution in [3.05, 3.63) is 58.5 Å². The monoisotopic (exact) mass is 447 g/mol. The van der Waals surface area contributed by atoms with Crippen LogP contribution in [0.2, 0.25) is 5.02 Å². The summed E-state index contributed by atoms with van der Waals surface area (Å²) in [5.41, 5.74) is 0.347. The van der Waals surface area contributed by atoms with Crippen molar-refractivity contribution in [2.24, 2.45) is 5.92 Å². The zero-order chi connectivity index (χ0) is 22.4. The Hall–Kier alpha value is -2.35. The highest BCUT2D eigenvalue weighted by atomic mass is 35.5. The van der Waals surface area contributed by atoms with E-state index in [9.17, 15) is 9.59 Å². The Morgan fingerprint density at radius 2 is 1.84 bits per heavy atom. The number of furan rings is 1. The summed E-state index contributed by atoms with van der Waals surface area (Å²) in [5.74, 6) is 0.925. The van der Waals surface area contributed by atoms with Gasteiger partial charge >= 0.3 is 0 Å². The summed E-state index contributed by atoms with van der Waals surface area (Å²) in [5, 5.41) is 6.19. The lowest BCUT2D eigenvalue weighted by Crippen LogP contribution is -2.52. The first-order valence-electron chi connectivity index (χ1n) is 10.6. The molecule has 168 valence electrons. The van der Waals surface area contributed by atoms with E-state index in [0.29, 0.717) is 30.3 Å². The summed E-state index contributed by atoms with van der Waals surface area (Å²) in [6.45, 7) is 8.88. The molecular weight excluding hydrogens is 418 g/mol. The van der Waals surface area contributed by atoms with E-state index >= 15 is 0 Å². The van der Waals surface area contributed by atoms with Gasteiger partial charge in [0.1, 0.15) is 17.6 Å². The van der Waals surface area contributed by atoms with Crippen LogP contribution in [0.3, 0.4) is 0 Å². The summed E-state index contributed by atoms with van der Waals surface area (Å²) in [4.78, 5) is 28.0. The highest BCUT2D eigenvalue weighted by Gasteiger charge is 2.29. The number of nitrogens with one attached hydrogen (secondary N) is 2. The van der Waals surface area contributed by atoms with Crippen molar-refractivity contribution < 1.29 is 18.7 Å². The quantitative estimate of drug-likeness (QED) is 0.649. The molecule has 0 spiro atoms. The topological polar surface area (TPSA) is 83.8 Å². The Bertz CT molecular complexity index is 892. The van der Waals surface area contributed by atoms with Crippen LogP contribution in [-0.2, 0) is 9.53 Å². The van der Waals surface area contributed by atoms with Gasteiger partial charge in [0.05, 0.1) is 29.8 Å². The SMILES string of the molecule is Cc1ccc(C(CNC(=O)C(NC(=O)c2ccccc2Cl)C(C)C)N2CCOCC2)o1. The molecule has 2 heterocycles. The van der Waals surface area contributed by atoms with Gasteiger partial charge in [0.25, 0.3) is 5.91 Å². The first-order chi connectivity index (χ1) is 14.9. The number of carbonyl (C=O) groups excluding carboxylic acids is 2. The second kappa shape index (κ2) is 10.8. The first kappa shape index (κ1) is 23.3. The van der Waals surface area contributed by atoms with Gasteiger partial charge < -0.3 is 19.8 Å². The molecule has 0 radical (unpaired) electrons. The Labute approximate surface area is 188 Å². The third kappa shape index (κ3) is 6.09. The van der Waals surface area contributed by atoms with Gasteiger partial charge in [0, 0.05) is 19.6 Å². The predicted molar refractivity (Wildman–Crippen MR) is 119 cm³/mol. The molecule has 7 nitrogen and oxygen atoms in total. The van der Waals surface area contributed by atoms with Crippen molar-refractivity contribution >= 4 is 23.4 Å². The molecule has 2 atom stereocenters. The van der Waals surface area contributed by atoms with Crippen LogP contribution in [0, 0.1) is 12.8 Å². The van der Waals surface area contributed by atoms with E-state index in [1.807, 2.05) is 32.9 Å². The molecule has 1 aliphatic heterocycles. The van der Waals surface area contributed by atoms with Crippen molar-refractivity contribution in [1.82, 2.24) is 15.5 Å². The van der Waals surface area contributed by atoms with Crippen LogP contribution in [0.4, 0.5) is 0 Å². The summed E-state index contributed by atoms with van der Waals surface area (Å²) < 4.78 is 11.3. The van der Waals surface area contributed by atoms with E-state index in [1.54, 1.807) is 24.3 Å². The standard InChI is InChI=1S/C23H30ClN3O4/c1-15(2)21(26-22(28)17-6-4-5-7-18(17)24)23(29)25-14-19(20-9-8-16(3)31-20)27-10-12-30-13-11-27/h4-9,15,19,21H,10-14H2,1-3H3,(H,25,29)(H,26,28). The predicted octanol–water partition coefficient (Wildman–Crippen LogP) is 3.19. The van der Waals surface area contributed by atoms with E-state index < -0.39 is 6.04 Å². The maximum atomic E-state index is 13.0. The maximum absolute atomic E-state index is 13.0. The smallest absolute Gasteiger partial charge is 0.253 e. The van der Waals surface area contributed by atoms with Gasteiger partial charge in [-0.25, -0.2) is 0 Å². The number of benzene rings is 1. The van der Waals surface area contributed by atoms with Gasteiger partial charge in [-0.05, 0) is 37.1 Å². The Kier molecular flexibility index (Phi) is 8.12. The summed E-state index contributed by atoms with van der Waals surface area (Å²) in [7, 11) is 0. The van der Waals surface area contributed by atoms with E-state index in [4.69, 9.17) is 20.8 Å². The van der Waals surface area contributed by atoms with E-state index in [1.165, 1.54) is 0 Å². The molecule has 3 rings (SSSR count). The fraction of sp³-hybridized carbons (Fsp3) is 0.478. The number of aryl methyl sites for hydroxylation is 1. The molecule has 2 N–H and O–H groups in total. The molecule has 0 saturated carbocycles. The third-order valence-corrected chi connectivity index (χ3v) is 5.73. The van der Waals surface area contributed by atoms with Gasteiger partial charge in [-0.2, -0.15) is 0 Å². The molecule has 2 unspecified atom stereocenters. The molecule has 8 heteroatoms. The van der Waals surface area contributed by atoms with Crippen LogP contribution in [0.5, 0.6) is 0 Å². The zero-order valence-electron chi connectivity index (χ0n) is 18.2. The Morgan fingerprint density at radius 3 is 2.45 bits per heavy atom. The molecule has 0 bridgehead atoms. The number of morpholine rings is 1. The number of amides is 2. The number of halogens is 1. The lowest BCUT2D eigenvalue weighted by Gasteiger charge is -2.34. The largest absolute Gasteiger partial charge is 0.465 e. The van der Waals surface area contributed by atoms with E-state index in [2.05, 4.69) is 15.5 Å². The Balaban J connectivity index is 1.68. The molecule has 2 aromatic rings. The minimum atomic E-state index is -0.688. The molecule has 0 aliphatic carbocycles. The lowest BCUT2D eigenvalue weighted by molar-refractivity contribution is -0.124. The van der Waals surface area contributed by atoms with Crippen molar-refractivity contribution in [2.45, 2.75) is 32.9 Å². The number of hydrogen-bond donors (Lipinski definition) is 2. The first-order valence-corrected chi connectivity index (χ1v) is 11.0. The number of nitrogens with zero attached hydrogens (tertiary/aromatic N) is 1. The summed E-state index contributed by atoms with van der Waals surface area (Å²) >= 11 is 6.13. The highest BCUT2D eigenvalue weighted by molar-refractivity contribution is 6.33. The number of carbonyl (C=O) groups is 2. The second-order valence-electron chi connectivity index (χ2n) is 8.03. The van der Waals surface area contributed by atoms with Crippen LogP contribution in [0.1, 0.15) is 41.8 Å². The zero-order valence-corrected chi connectivity index (χ0v) is 18.9. The van der Waals surface area contributed by atoms with E-state index in [-0.39, 0.29) is 23.8 Å². The molecule has 1 aromatic carbocycles. The van der Waals surface area contributed by atoms with Crippen molar-refractivity contribution in [1.29, 1.82) is 0 Å². The van der Waals surface area contributed by atoms with Crippen LogP contribution in [0.25, 0.3) is 0 Å². The van der Waals surface area contributed by atoms with Crippen LogP contribution < -0.4 is 10.6 Å². The molecule has 1 fully saturated rings. The van der Waals surface area contributed by atoms with Crippen LogP contribution in [-0.4, -0.2) is 55.6 Å². The minimum Gasteiger partial charge on any atom is -0.465 e. The summed E-state index contributed by atoms with van der Waals surface area (Å²) in [6, 6.07) is 9.87. The van der Waals surface area contributed by atoms with Gasteiger partial charge in [-0.15, -0.1) is 0 Å². The second-order valence-corrected chi connectivity index (χ2v) is 8.44. The van der Waals surface area contributed by atoms with Gasteiger partial charge in [0.2, 0.25) is 5.91 Å². The van der Waals surface area contributed by atoms with Crippen LogP contribution in [0.15, 0.2) is 40.8 Å². The summed E-state index contributed by atoms with van der Waals surface area (Å²) in [6.07, 6.45) is 0. The maximum Gasteiger partial charge on any atom is 0.253 e. The highest BCUT2D eigenvalue weighted by Crippen LogP contribution is 2.23. The lowest BCUT2D eigenvalue weighted by atomic mass is 10.0. The molecule has 1 aromatic heterocycles. The average Bonchev–Trinajstić information content (AvgIpc) is 3.18. The molecule has 2 amide bonds. The molecule has 1 aliphatic rings. The third-order valence-electron chi connectivity index (χ3n) is 5.40. The molecular formula is C23H30ClN3O4. The molecule has 31 heavy (non-hydrogen) atoms. The average molecular weight is 448 g/mol. The molecule has 1 saturated heterocycles. The fourth-order valence-electron chi connectivity index (χ4n) is 3.64. The van der Waals surface area contributed by atoms with Crippen molar-refractivity contribution in [3.63, 3.8) is 0 Å². The number of ether oxygens (including phenoxy) is 1. The normalized spacial score (nSPS) is 16.7. The van der Waals surface area contributed by atoms with Gasteiger partial charge in [-0.1, -0.05) is 37.6 Å². The Morgan fingerprint density at radius 1 is 1.13 bits per heavy atom. The number of hydrogen-bond acceptors (Lipinski definition) is 5. The van der Waals surface area contributed by atoms with E-state index in [0.717, 1.165) is 24.6 Å². The van der Waals surface area contributed by atoms with Crippen molar-refractivity contribution in [2.75, 3.05) is 32.8 Å². The fourth-order valence-corrected chi connectivity index (χ4v) is 3.86. The van der Waals surface area contributed by atoms with Gasteiger partial charge in [-0.3, -0.25) is 14.5 Å².